The van der Waals surface area contributed by atoms with E-state index in [0.29, 0.717) is 6.42 Å². The summed E-state index contributed by atoms with van der Waals surface area (Å²) in [6.45, 7) is 0.0170. The number of aliphatic hydroxyl groups is 1. The maximum absolute atomic E-state index is 11.2. The van der Waals surface area contributed by atoms with Gasteiger partial charge in [0, 0.05) is 32.8 Å². The fraction of sp³-hybridized carbons (Fsp3) is 0.385. The molecular formula is C13H19N3O2. The summed E-state index contributed by atoms with van der Waals surface area (Å²) in [6, 6.07) is 7.82. The lowest BCUT2D eigenvalue weighted by atomic mass is 10.2. The summed E-state index contributed by atoms with van der Waals surface area (Å²) < 4.78 is 0. The van der Waals surface area contributed by atoms with Gasteiger partial charge in [0.05, 0.1) is 6.21 Å². The van der Waals surface area contributed by atoms with Crippen molar-refractivity contribution < 1.29 is 9.90 Å². The first-order chi connectivity index (χ1) is 8.63. The van der Waals surface area contributed by atoms with E-state index in [1.165, 1.54) is 0 Å². The lowest BCUT2D eigenvalue weighted by molar-refractivity contribution is -0.121. The lowest BCUT2D eigenvalue weighted by Crippen LogP contribution is -2.17. The Balaban J connectivity index is 2.44. The van der Waals surface area contributed by atoms with Crippen LogP contribution in [0.25, 0.3) is 0 Å². The third-order valence-corrected chi connectivity index (χ3v) is 2.37. The van der Waals surface area contributed by atoms with E-state index in [0.717, 1.165) is 11.3 Å². The molecule has 5 heteroatoms. The van der Waals surface area contributed by atoms with Gasteiger partial charge in [0.25, 0.3) is 0 Å². The molecule has 18 heavy (non-hydrogen) atoms. The van der Waals surface area contributed by atoms with Crippen molar-refractivity contribution in [1.82, 2.24) is 5.43 Å². The summed E-state index contributed by atoms with van der Waals surface area (Å²) in [5.74, 6) is -0.190. The number of hydrogen-bond donors (Lipinski definition) is 2. The summed E-state index contributed by atoms with van der Waals surface area (Å²) in [6.07, 6.45) is 2.34. The quantitative estimate of drug-likeness (QED) is 0.583. The van der Waals surface area contributed by atoms with Crippen LogP contribution in [0.1, 0.15) is 18.4 Å². The minimum atomic E-state index is -0.190. The molecule has 0 heterocycles. The van der Waals surface area contributed by atoms with E-state index in [-0.39, 0.29) is 18.9 Å². The molecule has 0 saturated carbocycles. The first-order valence-corrected chi connectivity index (χ1v) is 5.83. The molecule has 0 aliphatic rings. The van der Waals surface area contributed by atoms with Crippen LogP contribution in [0.5, 0.6) is 0 Å². The second-order valence-corrected chi connectivity index (χ2v) is 4.11. The summed E-state index contributed by atoms with van der Waals surface area (Å²) in [5, 5.41) is 12.4. The fourth-order valence-electron chi connectivity index (χ4n) is 1.33. The number of aliphatic hydroxyl groups excluding tert-OH is 1. The number of anilines is 1. The van der Waals surface area contributed by atoms with Crippen LogP contribution in [0, 0.1) is 0 Å². The molecule has 0 aliphatic heterocycles. The molecule has 0 fully saturated rings. The van der Waals surface area contributed by atoms with Gasteiger partial charge in [-0.3, -0.25) is 4.79 Å². The predicted molar refractivity (Wildman–Crippen MR) is 72.8 cm³/mol. The molecule has 2 N–H and O–H groups in total. The topological polar surface area (TPSA) is 64.9 Å². The molecule has 0 aliphatic carbocycles. The Kier molecular flexibility index (Phi) is 5.87. The Bertz CT molecular complexity index is 399. The van der Waals surface area contributed by atoms with E-state index in [4.69, 9.17) is 5.11 Å². The van der Waals surface area contributed by atoms with E-state index in [9.17, 15) is 4.79 Å². The van der Waals surface area contributed by atoms with Gasteiger partial charge in [0.1, 0.15) is 0 Å². The molecule has 1 amide bonds. The number of benzene rings is 1. The van der Waals surface area contributed by atoms with Crippen molar-refractivity contribution in [2.45, 2.75) is 12.8 Å². The van der Waals surface area contributed by atoms with Crippen molar-refractivity contribution in [3.8, 4) is 0 Å². The summed E-state index contributed by atoms with van der Waals surface area (Å²) in [5.41, 5.74) is 4.44. The van der Waals surface area contributed by atoms with Crippen molar-refractivity contribution >= 4 is 17.8 Å². The zero-order chi connectivity index (χ0) is 13.4. The monoisotopic (exact) mass is 249 g/mol. The Morgan fingerprint density at radius 3 is 2.61 bits per heavy atom. The molecule has 0 bridgehead atoms. The molecule has 0 aromatic heterocycles. The van der Waals surface area contributed by atoms with Crippen molar-refractivity contribution in [1.29, 1.82) is 0 Å². The molecule has 0 saturated heterocycles. The average Bonchev–Trinajstić information content (AvgIpc) is 2.37. The van der Waals surface area contributed by atoms with Crippen LogP contribution in [0.15, 0.2) is 29.4 Å². The van der Waals surface area contributed by atoms with Crippen LogP contribution in [-0.2, 0) is 4.79 Å². The van der Waals surface area contributed by atoms with Crippen molar-refractivity contribution in [2.24, 2.45) is 5.10 Å². The molecule has 0 unspecified atom stereocenters. The zero-order valence-corrected chi connectivity index (χ0v) is 10.8. The number of carbonyl (C=O) groups is 1. The van der Waals surface area contributed by atoms with Gasteiger partial charge < -0.3 is 10.0 Å². The highest BCUT2D eigenvalue weighted by Gasteiger charge is 1.97. The molecule has 98 valence electrons. The molecule has 0 atom stereocenters. The van der Waals surface area contributed by atoms with E-state index >= 15 is 0 Å². The number of nitrogens with one attached hydrogen (secondary N) is 1. The average molecular weight is 249 g/mol. The second-order valence-electron chi connectivity index (χ2n) is 4.11. The number of nitrogens with zero attached hydrogens (tertiary/aromatic N) is 2. The number of amides is 1. The van der Waals surface area contributed by atoms with Crippen molar-refractivity contribution in [2.75, 3.05) is 25.6 Å². The molecule has 0 radical (unpaired) electrons. The van der Waals surface area contributed by atoms with Crippen LogP contribution < -0.4 is 10.3 Å². The van der Waals surface area contributed by atoms with Gasteiger partial charge in [-0.1, -0.05) is 12.1 Å². The molecular weight excluding hydrogens is 230 g/mol. The van der Waals surface area contributed by atoms with Gasteiger partial charge in [-0.2, -0.15) is 5.10 Å². The maximum atomic E-state index is 11.2. The van der Waals surface area contributed by atoms with E-state index < -0.39 is 0 Å². The molecule has 1 aromatic rings. The number of carbonyl (C=O) groups excluding carboxylic acids is 1. The van der Waals surface area contributed by atoms with Crippen LogP contribution in [-0.4, -0.2) is 37.9 Å². The minimum Gasteiger partial charge on any atom is -0.396 e. The Hall–Kier alpha value is -1.88. The highest BCUT2D eigenvalue weighted by Crippen LogP contribution is 2.10. The Morgan fingerprint density at radius 1 is 1.39 bits per heavy atom. The van der Waals surface area contributed by atoms with Crippen LogP contribution >= 0.6 is 0 Å². The van der Waals surface area contributed by atoms with Crippen molar-refractivity contribution in [3.63, 3.8) is 0 Å². The van der Waals surface area contributed by atoms with Gasteiger partial charge in [-0.15, -0.1) is 0 Å². The lowest BCUT2D eigenvalue weighted by Gasteiger charge is -2.11. The highest BCUT2D eigenvalue weighted by molar-refractivity contribution is 5.82. The maximum Gasteiger partial charge on any atom is 0.240 e. The normalized spacial score (nSPS) is 10.6. The molecule has 5 nitrogen and oxygen atoms in total. The predicted octanol–water partition coefficient (Wildman–Crippen LogP) is 0.975. The van der Waals surface area contributed by atoms with Crippen LogP contribution in [0.3, 0.4) is 0 Å². The number of hydrogen-bond acceptors (Lipinski definition) is 4. The van der Waals surface area contributed by atoms with E-state index in [1.54, 1.807) is 6.21 Å². The SMILES string of the molecule is CN(C)c1ccc(/C=N/NC(=O)CCCO)cc1. The molecule has 1 aromatic carbocycles. The van der Waals surface area contributed by atoms with Gasteiger partial charge in [0.2, 0.25) is 5.91 Å². The zero-order valence-electron chi connectivity index (χ0n) is 10.8. The molecule has 0 spiro atoms. The minimum absolute atomic E-state index is 0.0170. The van der Waals surface area contributed by atoms with Gasteiger partial charge in [-0.25, -0.2) is 5.43 Å². The number of rotatable bonds is 6. The van der Waals surface area contributed by atoms with Gasteiger partial charge in [0.15, 0.2) is 0 Å². The van der Waals surface area contributed by atoms with E-state index in [2.05, 4.69) is 10.5 Å². The smallest absolute Gasteiger partial charge is 0.240 e. The Labute approximate surface area is 107 Å². The standard InChI is InChI=1S/C13H19N3O2/c1-16(2)12-7-5-11(6-8-12)10-14-15-13(18)4-3-9-17/h5-8,10,17H,3-4,9H2,1-2H3,(H,15,18)/b14-10+. The molecule has 1 rings (SSSR count). The largest absolute Gasteiger partial charge is 0.396 e. The third-order valence-electron chi connectivity index (χ3n) is 2.37. The first-order valence-electron chi connectivity index (χ1n) is 5.83. The van der Waals surface area contributed by atoms with Crippen LogP contribution in [0.4, 0.5) is 5.69 Å². The third kappa shape index (κ3) is 4.97. The first kappa shape index (κ1) is 14.2. The highest BCUT2D eigenvalue weighted by atomic mass is 16.3. The van der Waals surface area contributed by atoms with Gasteiger partial charge >= 0.3 is 0 Å². The Morgan fingerprint density at radius 2 is 2.06 bits per heavy atom. The summed E-state index contributed by atoms with van der Waals surface area (Å²) >= 11 is 0. The second kappa shape index (κ2) is 7.45. The number of hydrazone groups is 1. The fourth-order valence-corrected chi connectivity index (χ4v) is 1.33. The van der Waals surface area contributed by atoms with Crippen molar-refractivity contribution in [3.05, 3.63) is 29.8 Å². The van der Waals surface area contributed by atoms with Gasteiger partial charge in [-0.05, 0) is 24.1 Å². The van der Waals surface area contributed by atoms with E-state index in [1.807, 2.05) is 43.3 Å². The summed E-state index contributed by atoms with van der Waals surface area (Å²) in [7, 11) is 3.95. The van der Waals surface area contributed by atoms with Crippen LogP contribution in [0.2, 0.25) is 0 Å². The summed E-state index contributed by atoms with van der Waals surface area (Å²) in [4.78, 5) is 13.2.